The molecule has 0 aromatic heterocycles. The number of hydrogen-bond donors (Lipinski definition) is 2. The van der Waals surface area contributed by atoms with Gasteiger partial charge in [-0.15, -0.1) is 0 Å². The van der Waals surface area contributed by atoms with Gasteiger partial charge in [0.15, 0.2) is 0 Å². The van der Waals surface area contributed by atoms with Crippen molar-refractivity contribution in [1.82, 2.24) is 15.3 Å². The van der Waals surface area contributed by atoms with Crippen LogP contribution in [-0.4, -0.2) is 57.8 Å². The molecule has 2 heterocycles. The zero-order valence-electron chi connectivity index (χ0n) is 16.2. The molecule has 1 aromatic rings. The number of amides is 2. The van der Waals surface area contributed by atoms with Gasteiger partial charge in [0.25, 0.3) is 11.8 Å². The largest absolute Gasteiger partial charge is 0.416 e. The van der Waals surface area contributed by atoms with Crippen LogP contribution < -0.4 is 5.48 Å². The quantitative estimate of drug-likeness (QED) is 0.191. The number of nitrogens with one attached hydrogen (secondary N) is 1. The fraction of sp³-hybridized carbons (Fsp3) is 0.350. The highest BCUT2D eigenvalue weighted by Crippen LogP contribution is 2.36. The summed E-state index contributed by atoms with van der Waals surface area (Å²) in [5.74, 6) is -0.454. The van der Waals surface area contributed by atoms with Gasteiger partial charge in [-0.05, 0) is 18.2 Å². The van der Waals surface area contributed by atoms with Gasteiger partial charge in [0.2, 0.25) is 0 Å². The Hall–Kier alpha value is -3.14. The highest BCUT2D eigenvalue weighted by atomic mass is 19.4. The molecule has 3 rings (SSSR count). The number of piperazine rings is 1. The lowest BCUT2D eigenvalue weighted by Gasteiger charge is -2.62. The molecule has 0 spiro atoms. The van der Waals surface area contributed by atoms with E-state index in [4.69, 9.17) is 5.21 Å². The molecule has 0 saturated carbocycles. The number of rotatable bonds is 5. The minimum Gasteiger partial charge on any atom is -0.351 e. The summed E-state index contributed by atoms with van der Waals surface area (Å²) in [6, 6.07) is 4.37. The van der Waals surface area contributed by atoms with Gasteiger partial charge in [0.05, 0.1) is 23.2 Å². The number of fused-ring (bicyclic) bond motifs is 1. The first kappa shape index (κ1) is 21.6. The number of likely N-dealkylation sites (tertiary alicyclic amines) is 2. The van der Waals surface area contributed by atoms with Crippen LogP contribution in [0.2, 0.25) is 0 Å². The summed E-state index contributed by atoms with van der Waals surface area (Å²) in [6.45, 7) is 6.27. The van der Waals surface area contributed by atoms with Crippen molar-refractivity contribution in [3.05, 3.63) is 59.8 Å². The van der Waals surface area contributed by atoms with E-state index >= 15 is 0 Å². The molecule has 160 valence electrons. The van der Waals surface area contributed by atoms with E-state index in [-0.39, 0.29) is 23.2 Å². The zero-order chi connectivity index (χ0) is 22.1. The third kappa shape index (κ3) is 3.95. The fourth-order valence-electron chi connectivity index (χ4n) is 3.56. The summed E-state index contributed by atoms with van der Waals surface area (Å²) < 4.78 is 38.7. The summed E-state index contributed by atoms with van der Waals surface area (Å²) in [7, 11) is 0. The van der Waals surface area contributed by atoms with E-state index < -0.39 is 23.6 Å². The second-order valence-corrected chi connectivity index (χ2v) is 6.95. The normalized spacial score (nSPS) is 21.4. The molecule has 0 aliphatic carbocycles. The van der Waals surface area contributed by atoms with Gasteiger partial charge < -0.3 is 9.80 Å². The van der Waals surface area contributed by atoms with Crippen molar-refractivity contribution in [3.8, 4) is 0 Å². The molecule has 2 fully saturated rings. The maximum Gasteiger partial charge on any atom is 0.416 e. The van der Waals surface area contributed by atoms with Crippen molar-refractivity contribution >= 4 is 17.6 Å². The Kier molecular flexibility index (Phi) is 5.97. The van der Waals surface area contributed by atoms with Crippen molar-refractivity contribution in [1.29, 1.82) is 0 Å². The molecule has 0 radical (unpaired) electrons. The van der Waals surface area contributed by atoms with Gasteiger partial charge in [-0.2, -0.15) is 13.2 Å². The number of hydroxylamine groups is 1. The molecule has 2 N–H and O–H groups in total. The predicted octanol–water partition coefficient (Wildman–Crippen LogP) is 2.60. The summed E-state index contributed by atoms with van der Waals surface area (Å²) in [5, 5.41) is 8.70. The average Bonchev–Trinajstić information content (AvgIpc) is 2.72. The lowest BCUT2D eigenvalue weighted by Crippen LogP contribution is -2.80. The molecule has 2 atom stereocenters. The van der Waals surface area contributed by atoms with E-state index in [0.29, 0.717) is 25.3 Å². The summed E-state index contributed by atoms with van der Waals surface area (Å²) in [4.78, 5) is 31.9. The van der Waals surface area contributed by atoms with Crippen LogP contribution in [-0.2, 0) is 11.0 Å². The number of carbonyl (C=O) groups is 2. The van der Waals surface area contributed by atoms with Crippen molar-refractivity contribution in [3.63, 3.8) is 0 Å². The van der Waals surface area contributed by atoms with E-state index in [9.17, 15) is 22.8 Å². The van der Waals surface area contributed by atoms with E-state index in [2.05, 4.69) is 11.6 Å². The number of benzene rings is 1. The number of nitrogens with zero attached hydrogens (tertiary/aromatic N) is 3. The first-order chi connectivity index (χ1) is 14.2. The summed E-state index contributed by atoms with van der Waals surface area (Å²) >= 11 is 0. The summed E-state index contributed by atoms with van der Waals surface area (Å²) in [6.07, 6.45) is -1.36. The van der Waals surface area contributed by atoms with E-state index in [1.807, 2.05) is 11.8 Å². The second kappa shape index (κ2) is 8.31. The number of alkyl halides is 3. The lowest BCUT2D eigenvalue weighted by atomic mass is 9.84. The maximum atomic E-state index is 12.9. The Morgan fingerprint density at radius 2 is 1.97 bits per heavy atom. The van der Waals surface area contributed by atoms with Crippen LogP contribution in [0.15, 0.2) is 53.7 Å². The Morgan fingerprint density at radius 3 is 2.50 bits per heavy atom. The third-order valence-electron chi connectivity index (χ3n) is 5.29. The van der Waals surface area contributed by atoms with Gasteiger partial charge >= 0.3 is 6.18 Å². The standard InChI is InChI=1S/C20H21F3N4O3/c1-3-12(18(28)25-30)9-24-17(4-2)26-10-16-15(26)11-27(16)19(29)13-6-5-7-14(8-13)20(21,22)23/h3,5-9,15-16,30H,1,4,10-11H2,2H3,(H,25,28)/b12-9+,24-17?. The summed E-state index contributed by atoms with van der Waals surface area (Å²) in [5.41, 5.74) is 0.770. The van der Waals surface area contributed by atoms with E-state index in [1.165, 1.54) is 29.9 Å². The van der Waals surface area contributed by atoms with Crippen LogP contribution in [0.3, 0.4) is 0 Å². The molecule has 2 unspecified atom stereocenters. The van der Waals surface area contributed by atoms with Crippen molar-refractivity contribution in [2.45, 2.75) is 31.6 Å². The Labute approximate surface area is 171 Å². The van der Waals surface area contributed by atoms with Gasteiger partial charge in [-0.1, -0.05) is 25.6 Å². The topological polar surface area (TPSA) is 85.2 Å². The maximum absolute atomic E-state index is 12.9. The SMILES string of the molecule is C=C/C(=C\N=C(CC)N1CC2C1CN2C(=O)c1cccc(C(F)(F)F)c1)C(=O)NO. The van der Waals surface area contributed by atoms with Crippen molar-refractivity contribution in [2.75, 3.05) is 13.1 Å². The zero-order valence-corrected chi connectivity index (χ0v) is 16.2. The van der Waals surface area contributed by atoms with Crippen LogP contribution >= 0.6 is 0 Å². The third-order valence-corrected chi connectivity index (χ3v) is 5.29. The smallest absolute Gasteiger partial charge is 0.351 e. The Bertz CT molecular complexity index is 926. The Morgan fingerprint density at radius 1 is 1.30 bits per heavy atom. The molecular weight excluding hydrogens is 401 g/mol. The predicted molar refractivity (Wildman–Crippen MR) is 103 cm³/mol. The van der Waals surface area contributed by atoms with Crippen LogP contribution in [0.1, 0.15) is 29.3 Å². The molecular formula is C20H21F3N4O3. The minimum absolute atomic E-state index is 0.0136. The molecule has 2 saturated heterocycles. The average molecular weight is 422 g/mol. The van der Waals surface area contributed by atoms with E-state index in [0.717, 1.165) is 12.1 Å². The van der Waals surface area contributed by atoms with Crippen LogP contribution in [0.25, 0.3) is 0 Å². The highest BCUT2D eigenvalue weighted by Gasteiger charge is 2.54. The number of aliphatic imine (C=N–C) groups is 1. The molecule has 2 aliphatic rings. The molecule has 2 aliphatic heterocycles. The molecule has 10 heteroatoms. The molecule has 2 amide bonds. The monoisotopic (exact) mass is 422 g/mol. The van der Waals surface area contributed by atoms with Gasteiger partial charge in [0, 0.05) is 31.3 Å². The number of carbonyl (C=O) groups excluding carboxylic acids is 2. The number of hydrogen-bond acceptors (Lipinski definition) is 4. The second-order valence-electron chi connectivity index (χ2n) is 6.95. The van der Waals surface area contributed by atoms with Crippen molar-refractivity contribution in [2.24, 2.45) is 4.99 Å². The first-order valence-corrected chi connectivity index (χ1v) is 9.29. The minimum atomic E-state index is -4.50. The lowest BCUT2D eigenvalue weighted by molar-refractivity contribution is -0.137. The molecule has 30 heavy (non-hydrogen) atoms. The van der Waals surface area contributed by atoms with Gasteiger partial charge in [0.1, 0.15) is 5.84 Å². The van der Waals surface area contributed by atoms with Gasteiger partial charge in [-0.3, -0.25) is 14.8 Å². The molecule has 7 nitrogen and oxygen atoms in total. The number of halogens is 3. The number of amidine groups is 1. The first-order valence-electron chi connectivity index (χ1n) is 9.29. The van der Waals surface area contributed by atoms with Crippen LogP contribution in [0, 0.1) is 0 Å². The van der Waals surface area contributed by atoms with Gasteiger partial charge in [-0.25, -0.2) is 10.5 Å². The molecule has 0 bridgehead atoms. The Balaban J connectivity index is 1.67. The highest BCUT2D eigenvalue weighted by molar-refractivity contribution is 5.97. The fourth-order valence-corrected chi connectivity index (χ4v) is 3.56. The molecule has 1 aromatic carbocycles. The van der Waals surface area contributed by atoms with Crippen LogP contribution in [0.4, 0.5) is 13.2 Å². The van der Waals surface area contributed by atoms with E-state index in [1.54, 1.807) is 4.90 Å². The van der Waals surface area contributed by atoms with Crippen LogP contribution in [0.5, 0.6) is 0 Å². The van der Waals surface area contributed by atoms with Crippen molar-refractivity contribution < 1.29 is 28.0 Å².